The summed E-state index contributed by atoms with van der Waals surface area (Å²) in [6.45, 7) is 9.14. The van der Waals surface area contributed by atoms with Crippen LogP contribution in [0.5, 0.6) is 0 Å². The first-order valence-electron chi connectivity index (χ1n) is 7.34. The van der Waals surface area contributed by atoms with E-state index in [0.29, 0.717) is 6.04 Å². The number of piperidine rings is 1. The molecule has 0 atom stereocenters. The van der Waals surface area contributed by atoms with Gasteiger partial charge in [-0.2, -0.15) is 0 Å². The first-order valence-corrected chi connectivity index (χ1v) is 7.72. The average molecular weight is 281 g/mol. The van der Waals surface area contributed by atoms with Crippen LogP contribution in [0.3, 0.4) is 0 Å². The van der Waals surface area contributed by atoms with Crippen molar-refractivity contribution in [2.24, 2.45) is 5.92 Å². The Morgan fingerprint density at radius 3 is 2.58 bits per heavy atom. The van der Waals surface area contributed by atoms with Gasteiger partial charge in [-0.25, -0.2) is 0 Å². The highest BCUT2D eigenvalue weighted by Crippen LogP contribution is 2.16. The number of hydrogen-bond donors (Lipinski definition) is 1. The molecule has 1 aromatic carbocycles. The predicted octanol–water partition coefficient (Wildman–Crippen LogP) is 3.55. The molecule has 1 saturated heterocycles. The van der Waals surface area contributed by atoms with Crippen molar-refractivity contribution < 1.29 is 0 Å². The van der Waals surface area contributed by atoms with Crippen LogP contribution >= 0.6 is 11.6 Å². The summed E-state index contributed by atoms with van der Waals surface area (Å²) in [5.41, 5.74) is 1.20. The van der Waals surface area contributed by atoms with E-state index in [1.807, 2.05) is 18.2 Å². The summed E-state index contributed by atoms with van der Waals surface area (Å²) in [6, 6.07) is 8.73. The molecule has 106 valence electrons. The third-order valence-electron chi connectivity index (χ3n) is 3.75. The van der Waals surface area contributed by atoms with Crippen molar-refractivity contribution >= 4 is 11.6 Å². The summed E-state index contributed by atoms with van der Waals surface area (Å²) < 4.78 is 0. The molecule has 19 heavy (non-hydrogen) atoms. The minimum Gasteiger partial charge on any atom is -0.310 e. The quantitative estimate of drug-likeness (QED) is 0.887. The Hall–Kier alpha value is -0.570. The van der Waals surface area contributed by atoms with Gasteiger partial charge >= 0.3 is 0 Å². The summed E-state index contributed by atoms with van der Waals surface area (Å²) in [5, 5.41) is 4.51. The Labute approximate surface area is 122 Å². The van der Waals surface area contributed by atoms with Crippen LogP contribution in [0.2, 0.25) is 5.02 Å². The molecule has 1 N–H and O–H groups in total. The van der Waals surface area contributed by atoms with Gasteiger partial charge in [0.15, 0.2) is 0 Å². The number of likely N-dealkylation sites (tertiary alicyclic amines) is 1. The topological polar surface area (TPSA) is 15.3 Å². The zero-order valence-corrected chi connectivity index (χ0v) is 12.8. The van der Waals surface area contributed by atoms with Gasteiger partial charge < -0.3 is 10.2 Å². The SMILES string of the molecule is CC(C)CN1CCC(NCc2ccccc2Cl)CC1. The van der Waals surface area contributed by atoms with Gasteiger partial charge in [0.1, 0.15) is 0 Å². The second-order valence-corrected chi connectivity index (χ2v) is 6.35. The van der Waals surface area contributed by atoms with Gasteiger partial charge in [-0.15, -0.1) is 0 Å². The Morgan fingerprint density at radius 2 is 1.95 bits per heavy atom. The van der Waals surface area contributed by atoms with E-state index in [0.717, 1.165) is 17.5 Å². The van der Waals surface area contributed by atoms with E-state index in [9.17, 15) is 0 Å². The van der Waals surface area contributed by atoms with E-state index < -0.39 is 0 Å². The summed E-state index contributed by atoms with van der Waals surface area (Å²) in [4.78, 5) is 2.58. The highest BCUT2D eigenvalue weighted by atomic mass is 35.5. The van der Waals surface area contributed by atoms with E-state index >= 15 is 0 Å². The molecule has 1 heterocycles. The molecule has 0 radical (unpaired) electrons. The third-order valence-corrected chi connectivity index (χ3v) is 4.12. The van der Waals surface area contributed by atoms with Crippen LogP contribution in [-0.4, -0.2) is 30.6 Å². The Balaban J connectivity index is 1.73. The van der Waals surface area contributed by atoms with E-state index in [4.69, 9.17) is 11.6 Å². The normalized spacial score (nSPS) is 18.1. The third kappa shape index (κ3) is 4.79. The lowest BCUT2D eigenvalue weighted by atomic mass is 10.0. The Morgan fingerprint density at radius 1 is 1.26 bits per heavy atom. The molecule has 2 nitrogen and oxygen atoms in total. The molecule has 1 aliphatic rings. The van der Waals surface area contributed by atoms with Gasteiger partial charge in [0.05, 0.1) is 0 Å². The second-order valence-electron chi connectivity index (χ2n) is 5.94. The molecule has 1 aromatic rings. The number of nitrogens with zero attached hydrogens (tertiary/aromatic N) is 1. The Kier molecular flexibility index (Phi) is 5.68. The van der Waals surface area contributed by atoms with Crippen molar-refractivity contribution in [3.63, 3.8) is 0 Å². The van der Waals surface area contributed by atoms with Crippen LogP contribution in [0.1, 0.15) is 32.3 Å². The zero-order chi connectivity index (χ0) is 13.7. The largest absolute Gasteiger partial charge is 0.310 e. The van der Waals surface area contributed by atoms with Crippen LogP contribution in [-0.2, 0) is 6.54 Å². The molecule has 2 rings (SSSR count). The maximum absolute atomic E-state index is 6.17. The maximum atomic E-state index is 6.17. The van der Waals surface area contributed by atoms with Gasteiger partial charge in [0, 0.05) is 24.2 Å². The van der Waals surface area contributed by atoms with Crippen LogP contribution in [0.15, 0.2) is 24.3 Å². The van der Waals surface area contributed by atoms with Gasteiger partial charge in [0.2, 0.25) is 0 Å². The van der Waals surface area contributed by atoms with Crippen molar-refractivity contribution in [1.29, 1.82) is 0 Å². The first kappa shape index (κ1) is 14.8. The number of halogens is 1. The predicted molar refractivity (Wildman–Crippen MR) is 82.6 cm³/mol. The summed E-state index contributed by atoms with van der Waals surface area (Å²) in [5.74, 6) is 0.771. The molecular weight excluding hydrogens is 256 g/mol. The van der Waals surface area contributed by atoms with Crippen molar-refractivity contribution in [1.82, 2.24) is 10.2 Å². The smallest absolute Gasteiger partial charge is 0.0450 e. The lowest BCUT2D eigenvalue weighted by molar-refractivity contribution is 0.179. The zero-order valence-electron chi connectivity index (χ0n) is 12.0. The standard InChI is InChI=1S/C16H25ClN2/c1-13(2)12-19-9-7-15(8-10-19)18-11-14-5-3-4-6-16(14)17/h3-6,13,15,18H,7-12H2,1-2H3. The molecule has 0 amide bonds. The fourth-order valence-electron chi connectivity index (χ4n) is 2.73. The van der Waals surface area contributed by atoms with Crippen molar-refractivity contribution in [2.75, 3.05) is 19.6 Å². The van der Waals surface area contributed by atoms with Crippen molar-refractivity contribution in [3.8, 4) is 0 Å². The van der Waals surface area contributed by atoms with E-state index in [2.05, 4.69) is 30.1 Å². The molecule has 0 bridgehead atoms. The molecule has 3 heteroatoms. The highest BCUT2D eigenvalue weighted by molar-refractivity contribution is 6.31. The van der Waals surface area contributed by atoms with Crippen LogP contribution < -0.4 is 5.32 Å². The van der Waals surface area contributed by atoms with Gasteiger partial charge in [-0.3, -0.25) is 0 Å². The van der Waals surface area contributed by atoms with E-state index in [1.54, 1.807) is 0 Å². The molecule has 1 aliphatic heterocycles. The average Bonchev–Trinajstić information content (AvgIpc) is 2.39. The first-order chi connectivity index (χ1) is 9.15. The summed E-state index contributed by atoms with van der Waals surface area (Å²) >= 11 is 6.17. The lowest BCUT2D eigenvalue weighted by Crippen LogP contribution is -2.43. The maximum Gasteiger partial charge on any atom is 0.0450 e. The minimum atomic E-state index is 0.639. The van der Waals surface area contributed by atoms with Crippen molar-refractivity contribution in [3.05, 3.63) is 34.9 Å². The number of nitrogens with one attached hydrogen (secondary N) is 1. The molecule has 0 spiro atoms. The number of benzene rings is 1. The molecule has 0 unspecified atom stereocenters. The lowest BCUT2D eigenvalue weighted by Gasteiger charge is -2.33. The van der Waals surface area contributed by atoms with Gasteiger partial charge in [-0.05, 0) is 43.5 Å². The molecular formula is C16H25ClN2. The molecule has 0 aromatic heterocycles. The monoisotopic (exact) mass is 280 g/mol. The van der Waals surface area contributed by atoms with Crippen molar-refractivity contribution in [2.45, 2.75) is 39.3 Å². The molecule has 0 saturated carbocycles. The summed E-state index contributed by atoms with van der Waals surface area (Å²) in [6.07, 6.45) is 2.49. The van der Waals surface area contributed by atoms with Gasteiger partial charge in [0.25, 0.3) is 0 Å². The second kappa shape index (κ2) is 7.28. The molecule has 1 fully saturated rings. The number of rotatable bonds is 5. The van der Waals surface area contributed by atoms with E-state index in [1.165, 1.54) is 38.0 Å². The van der Waals surface area contributed by atoms with Gasteiger partial charge in [-0.1, -0.05) is 43.6 Å². The van der Waals surface area contributed by atoms with Crippen LogP contribution in [0, 0.1) is 5.92 Å². The summed E-state index contributed by atoms with van der Waals surface area (Å²) in [7, 11) is 0. The Bertz CT molecular complexity index is 384. The molecule has 0 aliphatic carbocycles. The van der Waals surface area contributed by atoms with Crippen LogP contribution in [0.4, 0.5) is 0 Å². The fourth-order valence-corrected chi connectivity index (χ4v) is 2.93. The fraction of sp³-hybridized carbons (Fsp3) is 0.625. The highest BCUT2D eigenvalue weighted by Gasteiger charge is 2.19. The van der Waals surface area contributed by atoms with Crippen LogP contribution in [0.25, 0.3) is 0 Å². The minimum absolute atomic E-state index is 0.639. The van der Waals surface area contributed by atoms with E-state index in [-0.39, 0.29) is 0 Å². The number of hydrogen-bond acceptors (Lipinski definition) is 2.